The maximum Gasteiger partial charge on any atom is 0.230 e. The molecule has 5 nitrogen and oxygen atoms in total. The SMILES string of the molecule is COc1ccc(OC)c(-c2csc(NC(=O)Cc3ccc(C)cc3C)n2)c1. The van der Waals surface area contributed by atoms with Crippen LogP contribution in [-0.4, -0.2) is 25.1 Å². The Bertz CT molecular complexity index is 966. The van der Waals surface area contributed by atoms with Gasteiger partial charge in [-0.3, -0.25) is 4.79 Å². The summed E-state index contributed by atoms with van der Waals surface area (Å²) in [7, 11) is 3.23. The van der Waals surface area contributed by atoms with Gasteiger partial charge < -0.3 is 14.8 Å². The van der Waals surface area contributed by atoms with Crippen molar-refractivity contribution in [3.05, 3.63) is 58.5 Å². The van der Waals surface area contributed by atoms with Crippen LogP contribution in [0.5, 0.6) is 11.5 Å². The monoisotopic (exact) mass is 382 g/mol. The number of carbonyl (C=O) groups excluding carboxylic acids is 1. The third-order valence-corrected chi connectivity index (χ3v) is 5.04. The number of carbonyl (C=O) groups is 1. The highest BCUT2D eigenvalue weighted by molar-refractivity contribution is 7.14. The fraction of sp³-hybridized carbons (Fsp3) is 0.238. The molecule has 0 atom stereocenters. The topological polar surface area (TPSA) is 60.5 Å². The lowest BCUT2D eigenvalue weighted by Gasteiger charge is -2.08. The van der Waals surface area contributed by atoms with Crippen molar-refractivity contribution in [2.24, 2.45) is 0 Å². The zero-order valence-electron chi connectivity index (χ0n) is 15.8. The average Bonchev–Trinajstić information content (AvgIpc) is 3.11. The number of ether oxygens (including phenoxy) is 2. The molecular weight excluding hydrogens is 360 g/mol. The van der Waals surface area contributed by atoms with Crippen LogP contribution in [0.25, 0.3) is 11.3 Å². The van der Waals surface area contributed by atoms with Crippen molar-refractivity contribution in [3.63, 3.8) is 0 Å². The largest absolute Gasteiger partial charge is 0.497 e. The highest BCUT2D eigenvalue weighted by Crippen LogP contribution is 2.35. The van der Waals surface area contributed by atoms with E-state index >= 15 is 0 Å². The van der Waals surface area contributed by atoms with Gasteiger partial charge in [-0.05, 0) is 43.2 Å². The number of methoxy groups -OCH3 is 2. The standard InChI is InChI=1S/C21H22N2O3S/c1-13-5-6-15(14(2)9-13)10-20(24)23-21-22-18(12-27-21)17-11-16(25-3)7-8-19(17)26-4/h5-9,11-12H,10H2,1-4H3,(H,22,23,24). The molecule has 0 aliphatic carbocycles. The molecule has 1 N–H and O–H groups in total. The first-order chi connectivity index (χ1) is 13.0. The molecule has 0 aliphatic rings. The number of amides is 1. The maximum absolute atomic E-state index is 12.4. The lowest BCUT2D eigenvalue weighted by atomic mass is 10.0. The van der Waals surface area contributed by atoms with E-state index in [4.69, 9.17) is 9.47 Å². The summed E-state index contributed by atoms with van der Waals surface area (Å²) < 4.78 is 10.7. The van der Waals surface area contributed by atoms with E-state index in [0.29, 0.717) is 17.3 Å². The van der Waals surface area contributed by atoms with E-state index in [1.165, 1.54) is 16.9 Å². The molecule has 0 bridgehead atoms. The van der Waals surface area contributed by atoms with Crippen LogP contribution in [0.4, 0.5) is 5.13 Å². The van der Waals surface area contributed by atoms with Gasteiger partial charge in [0, 0.05) is 10.9 Å². The molecule has 140 valence electrons. The van der Waals surface area contributed by atoms with Gasteiger partial charge in [-0.15, -0.1) is 11.3 Å². The summed E-state index contributed by atoms with van der Waals surface area (Å²) in [5, 5.41) is 5.34. The first kappa shape index (κ1) is 18.9. The van der Waals surface area contributed by atoms with Crippen LogP contribution in [0.1, 0.15) is 16.7 Å². The summed E-state index contributed by atoms with van der Waals surface area (Å²) in [6.07, 6.45) is 0.323. The van der Waals surface area contributed by atoms with Crippen molar-refractivity contribution in [2.75, 3.05) is 19.5 Å². The zero-order chi connectivity index (χ0) is 19.4. The second-order valence-electron chi connectivity index (χ2n) is 6.26. The van der Waals surface area contributed by atoms with Crippen LogP contribution in [0.15, 0.2) is 41.8 Å². The average molecular weight is 382 g/mol. The number of nitrogens with one attached hydrogen (secondary N) is 1. The quantitative estimate of drug-likeness (QED) is 0.675. The third-order valence-electron chi connectivity index (χ3n) is 4.28. The van der Waals surface area contributed by atoms with Crippen molar-refractivity contribution in [3.8, 4) is 22.8 Å². The van der Waals surface area contributed by atoms with E-state index in [9.17, 15) is 4.79 Å². The summed E-state index contributed by atoms with van der Waals surface area (Å²) in [5.41, 5.74) is 4.88. The maximum atomic E-state index is 12.4. The Labute approximate surface area is 163 Å². The molecule has 0 spiro atoms. The zero-order valence-corrected chi connectivity index (χ0v) is 16.6. The van der Waals surface area contributed by atoms with Crippen LogP contribution >= 0.6 is 11.3 Å². The molecule has 3 aromatic rings. The smallest absolute Gasteiger partial charge is 0.230 e. The predicted molar refractivity (Wildman–Crippen MR) is 109 cm³/mol. The van der Waals surface area contributed by atoms with Gasteiger partial charge in [0.1, 0.15) is 11.5 Å². The summed E-state index contributed by atoms with van der Waals surface area (Å²) in [6, 6.07) is 11.6. The lowest BCUT2D eigenvalue weighted by Crippen LogP contribution is -2.14. The van der Waals surface area contributed by atoms with E-state index in [1.807, 2.05) is 49.6 Å². The normalized spacial score (nSPS) is 10.5. The van der Waals surface area contributed by atoms with Crippen LogP contribution in [-0.2, 0) is 11.2 Å². The molecule has 6 heteroatoms. The molecule has 1 heterocycles. The number of rotatable bonds is 6. The number of hydrogen-bond acceptors (Lipinski definition) is 5. The van der Waals surface area contributed by atoms with E-state index in [0.717, 1.165) is 28.1 Å². The van der Waals surface area contributed by atoms with Gasteiger partial charge in [-0.1, -0.05) is 23.8 Å². The minimum atomic E-state index is -0.0829. The molecule has 27 heavy (non-hydrogen) atoms. The molecule has 0 saturated carbocycles. The molecule has 0 unspecified atom stereocenters. The second kappa shape index (κ2) is 8.22. The molecular formula is C21H22N2O3S. The Morgan fingerprint density at radius 3 is 2.63 bits per heavy atom. The van der Waals surface area contributed by atoms with Gasteiger partial charge in [0.05, 0.1) is 26.3 Å². The van der Waals surface area contributed by atoms with Crippen molar-refractivity contribution < 1.29 is 14.3 Å². The number of anilines is 1. The fourth-order valence-electron chi connectivity index (χ4n) is 2.85. The molecule has 0 saturated heterocycles. The van der Waals surface area contributed by atoms with Crippen LogP contribution in [0.3, 0.4) is 0 Å². The van der Waals surface area contributed by atoms with Gasteiger partial charge in [-0.2, -0.15) is 0 Å². The van der Waals surface area contributed by atoms with Gasteiger partial charge in [0.25, 0.3) is 0 Å². The summed E-state index contributed by atoms with van der Waals surface area (Å²) in [5.74, 6) is 1.34. The first-order valence-electron chi connectivity index (χ1n) is 8.54. The van der Waals surface area contributed by atoms with Crippen molar-refractivity contribution >= 4 is 22.4 Å². The molecule has 0 aliphatic heterocycles. The Hall–Kier alpha value is -2.86. The predicted octanol–water partition coefficient (Wildman–Crippen LogP) is 4.63. The van der Waals surface area contributed by atoms with Crippen molar-refractivity contribution in [1.82, 2.24) is 4.98 Å². The number of nitrogens with zero attached hydrogens (tertiary/aromatic N) is 1. The third kappa shape index (κ3) is 4.46. The Morgan fingerprint density at radius 2 is 1.93 bits per heavy atom. The Kier molecular flexibility index (Phi) is 5.76. The number of benzene rings is 2. The highest BCUT2D eigenvalue weighted by atomic mass is 32.1. The summed E-state index contributed by atoms with van der Waals surface area (Å²) >= 11 is 1.38. The Morgan fingerprint density at radius 1 is 1.11 bits per heavy atom. The number of thiazole rings is 1. The minimum Gasteiger partial charge on any atom is -0.497 e. The molecule has 0 radical (unpaired) electrons. The van der Waals surface area contributed by atoms with E-state index in [-0.39, 0.29) is 5.91 Å². The van der Waals surface area contributed by atoms with Crippen LogP contribution in [0.2, 0.25) is 0 Å². The van der Waals surface area contributed by atoms with Gasteiger partial charge in [0.15, 0.2) is 5.13 Å². The van der Waals surface area contributed by atoms with Crippen molar-refractivity contribution in [1.29, 1.82) is 0 Å². The minimum absolute atomic E-state index is 0.0829. The number of aryl methyl sites for hydroxylation is 2. The Balaban J connectivity index is 1.75. The molecule has 3 rings (SSSR count). The lowest BCUT2D eigenvalue weighted by molar-refractivity contribution is -0.115. The highest BCUT2D eigenvalue weighted by Gasteiger charge is 2.13. The number of hydrogen-bond donors (Lipinski definition) is 1. The fourth-order valence-corrected chi connectivity index (χ4v) is 3.58. The van der Waals surface area contributed by atoms with Gasteiger partial charge in [0.2, 0.25) is 5.91 Å². The summed E-state index contributed by atoms with van der Waals surface area (Å²) in [4.78, 5) is 16.9. The van der Waals surface area contributed by atoms with Crippen LogP contribution in [0, 0.1) is 13.8 Å². The molecule has 1 aromatic heterocycles. The van der Waals surface area contributed by atoms with E-state index in [1.54, 1.807) is 14.2 Å². The molecule has 0 fully saturated rings. The molecule has 2 aromatic carbocycles. The van der Waals surface area contributed by atoms with Crippen molar-refractivity contribution in [2.45, 2.75) is 20.3 Å². The van der Waals surface area contributed by atoms with Gasteiger partial charge in [-0.25, -0.2) is 4.98 Å². The first-order valence-corrected chi connectivity index (χ1v) is 9.42. The number of aromatic nitrogens is 1. The molecule has 1 amide bonds. The second-order valence-corrected chi connectivity index (χ2v) is 7.12. The van der Waals surface area contributed by atoms with E-state index < -0.39 is 0 Å². The van der Waals surface area contributed by atoms with E-state index in [2.05, 4.69) is 16.4 Å². The summed E-state index contributed by atoms with van der Waals surface area (Å²) in [6.45, 7) is 4.06. The van der Waals surface area contributed by atoms with Gasteiger partial charge >= 0.3 is 0 Å². The van der Waals surface area contributed by atoms with Crippen LogP contribution < -0.4 is 14.8 Å².